The Morgan fingerprint density at radius 1 is 1.67 bits per heavy atom. The van der Waals surface area contributed by atoms with Gasteiger partial charge in [-0.15, -0.1) is 11.3 Å². The minimum Gasteiger partial charge on any atom is -0.480 e. The van der Waals surface area contributed by atoms with Crippen molar-refractivity contribution in [3.63, 3.8) is 0 Å². The average Bonchev–Trinajstić information content (AvgIpc) is 2.49. The fourth-order valence-electron chi connectivity index (χ4n) is 1.26. The van der Waals surface area contributed by atoms with Crippen LogP contribution in [0.4, 0.5) is 0 Å². The van der Waals surface area contributed by atoms with Crippen molar-refractivity contribution in [1.29, 1.82) is 0 Å². The molecule has 15 heavy (non-hydrogen) atoms. The summed E-state index contributed by atoms with van der Waals surface area (Å²) in [6.07, 6.45) is 0. The number of hydrogen-bond donors (Lipinski definition) is 1. The van der Waals surface area contributed by atoms with Crippen molar-refractivity contribution in [2.24, 2.45) is 0 Å². The van der Waals surface area contributed by atoms with Crippen molar-refractivity contribution in [3.05, 3.63) is 20.8 Å². The number of carboxylic acids is 1. The fourth-order valence-corrected chi connectivity index (χ4v) is 2.46. The Morgan fingerprint density at radius 3 is 2.73 bits per heavy atom. The standard InChI is InChI=1S/C10H14BrNO2S/c1-7(2)12(5-10(13)14)4-8-3-9(11)15-6-8/h3,6-7H,4-5H2,1-2H3,(H,13,14). The lowest BCUT2D eigenvalue weighted by Crippen LogP contribution is -2.34. The zero-order valence-corrected chi connectivity index (χ0v) is 11.1. The molecule has 0 saturated heterocycles. The highest BCUT2D eigenvalue weighted by atomic mass is 79.9. The summed E-state index contributed by atoms with van der Waals surface area (Å²) < 4.78 is 1.08. The van der Waals surface area contributed by atoms with Gasteiger partial charge in [-0.1, -0.05) is 0 Å². The smallest absolute Gasteiger partial charge is 0.317 e. The van der Waals surface area contributed by atoms with E-state index in [0.717, 1.165) is 9.35 Å². The zero-order chi connectivity index (χ0) is 11.4. The molecule has 0 aliphatic rings. The molecule has 0 unspecified atom stereocenters. The minimum atomic E-state index is -0.780. The maximum absolute atomic E-state index is 10.7. The van der Waals surface area contributed by atoms with Crippen LogP contribution >= 0.6 is 27.3 Å². The number of thiophene rings is 1. The van der Waals surface area contributed by atoms with E-state index in [4.69, 9.17) is 5.11 Å². The van der Waals surface area contributed by atoms with Gasteiger partial charge in [-0.25, -0.2) is 0 Å². The lowest BCUT2D eigenvalue weighted by molar-refractivity contribution is -0.138. The van der Waals surface area contributed by atoms with E-state index in [1.165, 1.54) is 0 Å². The molecule has 84 valence electrons. The highest BCUT2D eigenvalue weighted by Gasteiger charge is 2.14. The lowest BCUT2D eigenvalue weighted by Gasteiger charge is -2.23. The first-order valence-electron chi connectivity index (χ1n) is 4.68. The number of hydrogen-bond acceptors (Lipinski definition) is 3. The molecular formula is C10H14BrNO2S. The second kappa shape index (κ2) is 5.63. The molecule has 0 aliphatic heterocycles. The number of nitrogens with zero attached hydrogens (tertiary/aromatic N) is 1. The molecule has 0 fully saturated rings. The van der Waals surface area contributed by atoms with Crippen LogP contribution in [0.2, 0.25) is 0 Å². The van der Waals surface area contributed by atoms with Gasteiger partial charge < -0.3 is 5.11 Å². The molecule has 1 heterocycles. The van der Waals surface area contributed by atoms with Crippen molar-refractivity contribution in [2.75, 3.05) is 6.54 Å². The van der Waals surface area contributed by atoms with E-state index < -0.39 is 5.97 Å². The molecule has 0 aliphatic carbocycles. The monoisotopic (exact) mass is 291 g/mol. The van der Waals surface area contributed by atoms with Crippen LogP contribution in [0.15, 0.2) is 15.2 Å². The maximum Gasteiger partial charge on any atom is 0.317 e. The number of rotatable bonds is 5. The number of aliphatic carboxylic acids is 1. The maximum atomic E-state index is 10.7. The van der Waals surface area contributed by atoms with Crippen LogP contribution in [0.5, 0.6) is 0 Å². The molecule has 0 aromatic carbocycles. The topological polar surface area (TPSA) is 40.5 Å². The summed E-state index contributed by atoms with van der Waals surface area (Å²) >= 11 is 5.01. The highest BCUT2D eigenvalue weighted by molar-refractivity contribution is 9.11. The van der Waals surface area contributed by atoms with Gasteiger partial charge in [-0.2, -0.15) is 0 Å². The molecule has 0 bridgehead atoms. The molecule has 1 aromatic rings. The Morgan fingerprint density at radius 2 is 2.33 bits per heavy atom. The fraction of sp³-hybridized carbons (Fsp3) is 0.500. The molecule has 0 spiro atoms. The van der Waals surface area contributed by atoms with Crippen LogP contribution in [0.1, 0.15) is 19.4 Å². The first kappa shape index (κ1) is 12.7. The summed E-state index contributed by atoms with van der Waals surface area (Å²) in [6, 6.07) is 2.27. The van der Waals surface area contributed by atoms with E-state index in [1.807, 2.05) is 30.2 Å². The van der Waals surface area contributed by atoms with E-state index in [0.29, 0.717) is 6.54 Å². The van der Waals surface area contributed by atoms with E-state index in [2.05, 4.69) is 15.9 Å². The summed E-state index contributed by atoms with van der Waals surface area (Å²) in [4.78, 5) is 12.6. The van der Waals surface area contributed by atoms with Gasteiger partial charge >= 0.3 is 5.97 Å². The molecule has 0 atom stereocenters. The Labute approximate surface area is 102 Å². The van der Waals surface area contributed by atoms with Crippen LogP contribution in [-0.4, -0.2) is 28.6 Å². The van der Waals surface area contributed by atoms with Gasteiger partial charge in [0.25, 0.3) is 0 Å². The molecule has 5 heteroatoms. The molecule has 0 amide bonds. The predicted molar refractivity (Wildman–Crippen MR) is 65.2 cm³/mol. The predicted octanol–water partition coefficient (Wildman–Crippen LogP) is 2.81. The van der Waals surface area contributed by atoms with Crippen LogP contribution in [-0.2, 0) is 11.3 Å². The van der Waals surface area contributed by atoms with Crippen LogP contribution in [0.25, 0.3) is 0 Å². The van der Waals surface area contributed by atoms with Gasteiger partial charge in [0.15, 0.2) is 0 Å². The van der Waals surface area contributed by atoms with Crippen molar-refractivity contribution < 1.29 is 9.90 Å². The van der Waals surface area contributed by atoms with Crippen molar-refractivity contribution in [2.45, 2.75) is 26.4 Å². The summed E-state index contributed by atoms with van der Waals surface area (Å²) in [7, 11) is 0. The molecule has 0 radical (unpaired) electrons. The third kappa shape index (κ3) is 4.32. The Balaban J connectivity index is 2.62. The first-order chi connectivity index (χ1) is 6.99. The van der Waals surface area contributed by atoms with Crippen molar-refractivity contribution in [3.8, 4) is 0 Å². The van der Waals surface area contributed by atoms with E-state index in [-0.39, 0.29) is 12.6 Å². The Kier molecular flexibility index (Phi) is 4.76. The summed E-state index contributed by atoms with van der Waals surface area (Å²) in [5.74, 6) is -0.780. The number of carbonyl (C=O) groups is 1. The van der Waals surface area contributed by atoms with Gasteiger partial charge in [-0.05, 0) is 46.8 Å². The SMILES string of the molecule is CC(C)N(CC(=O)O)Cc1csc(Br)c1. The normalized spacial score (nSPS) is 11.3. The van der Waals surface area contributed by atoms with Crippen LogP contribution in [0, 0.1) is 0 Å². The third-order valence-electron chi connectivity index (χ3n) is 2.08. The van der Waals surface area contributed by atoms with E-state index in [1.54, 1.807) is 11.3 Å². The van der Waals surface area contributed by atoms with Crippen LogP contribution < -0.4 is 0 Å². The van der Waals surface area contributed by atoms with Gasteiger partial charge in [0.1, 0.15) is 0 Å². The van der Waals surface area contributed by atoms with Gasteiger partial charge in [0, 0.05) is 12.6 Å². The molecule has 1 rings (SSSR count). The van der Waals surface area contributed by atoms with Gasteiger partial charge in [0.2, 0.25) is 0 Å². The number of halogens is 1. The first-order valence-corrected chi connectivity index (χ1v) is 6.35. The molecule has 1 N–H and O–H groups in total. The van der Waals surface area contributed by atoms with Crippen molar-refractivity contribution >= 4 is 33.2 Å². The summed E-state index contributed by atoms with van der Waals surface area (Å²) in [5, 5.41) is 10.8. The average molecular weight is 292 g/mol. The van der Waals surface area contributed by atoms with Crippen LogP contribution in [0.3, 0.4) is 0 Å². The second-order valence-electron chi connectivity index (χ2n) is 3.65. The molecular weight excluding hydrogens is 278 g/mol. The Bertz CT molecular complexity index is 338. The Hall–Kier alpha value is -0.390. The largest absolute Gasteiger partial charge is 0.480 e. The molecule has 3 nitrogen and oxygen atoms in total. The minimum absolute atomic E-state index is 0.0884. The van der Waals surface area contributed by atoms with E-state index in [9.17, 15) is 4.79 Å². The van der Waals surface area contributed by atoms with Gasteiger partial charge in [0.05, 0.1) is 10.3 Å². The summed E-state index contributed by atoms with van der Waals surface area (Å²) in [6.45, 7) is 4.78. The lowest BCUT2D eigenvalue weighted by atomic mass is 10.2. The number of carboxylic acid groups (broad SMARTS) is 1. The molecule has 1 aromatic heterocycles. The molecule has 0 saturated carbocycles. The highest BCUT2D eigenvalue weighted by Crippen LogP contribution is 2.22. The summed E-state index contributed by atoms with van der Waals surface area (Å²) in [5.41, 5.74) is 1.15. The zero-order valence-electron chi connectivity index (χ0n) is 8.74. The van der Waals surface area contributed by atoms with Crippen molar-refractivity contribution in [1.82, 2.24) is 4.90 Å². The second-order valence-corrected chi connectivity index (χ2v) is 5.94. The third-order valence-corrected chi connectivity index (χ3v) is 3.63. The van der Waals surface area contributed by atoms with E-state index >= 15 is 0 Å². The quantitative estimate of drug-likeness (QED) is 0.907. The van der Waals surface area contributed by atoms with Gasteiger partial charge in [-0.3, -0.25) is 9.69 Å².